The van der Waals surface area contributed by atoms with Crippen molar-refractivity contribution in [3.8, 4) is 0 Å². The van der Waals surface area contributed by atoms with Gasteiger partial charge in [-0.25, -0.2) is 17.9 Å². The Labute approximate surface area is 164 Å². The first-order valence-corrected chi connectivity index (χ1v) is 10.5. The number of sulfonamides is 1. The molecule has 0 spiro atoms. The third kappa shape index (κ3) is 4.40. The van der Waals surface area contributed by atoms with E-state index in [4.69, 9.17) is 4.74 Å². The van der Waals surface area contributed by atoms with E-state index in [1.807, 2.05) is 6.07 Å². The van der Waals surface area contributed by atoms with Crippen LogP contribution in [0.4, 0.5) is 0 Å². The van der Waals surface area contributed by atoms with E-state index in [9.17, 15) is 18.0 Å². The van der Waals surface area contributed by atoms with Crippen molar-refractivity contribution in [1.82, 2.24) is 9.62 Å². The molecule has 8 heteroatoms. The summed E-state index contributed by atoms with van der Waals surface area (Å²) in [6.45, 7) is 1.27. The number of carbonyl (C=O) groups is 2. The number of carbonyl (C=O) groups excluding carboxylic acids is 2. The van der Waals surface area contributed by atoms with Crippen molar-refractivity contribution in [2.45, 2.75) is 23.8 Å². The van der Waals surface area contributed by atoms with Crippen molar-refractivity contribution in [3.05, 3.63) is 65.7 Å². The molecule has 1 fully saturated rings. The fourth-order valence-electron chi connectivity index (χ4n) is 3.08. The molecule has 28 heavy (non-hydrogen) atoms. The topological polar surface area (TPSA) is 92.8 Å². The summed E-state index contributed by atoms with van der Waals surface area (Å²) in [6.07, 6.45) is 0.771. The standard InChI is InChI=1S/C20H22N2O5S/c1-21-28(25,26)17-11-7-10-16(14-17)20(24)27-18(15-8-3-2-4-9-15)19(23)22-12-5-6-13-22/h2-4,7-11,14,18,21H,5-6,12-13H2,1H3. The second kappa shape index (κ2) is 8.53. The Kier molecular flexibility index (Phi) is 6.11. The third-order valence-electron chi connectivity index (χ3n) is 4.62. The minimum absolute atomic E-state index is 0.0495. The highest BCUT2D eigenvalue weighted by atomic mass is 32.2. The van der Waals surface area contributed by atoms with Crippen LogP contribution in [0.25, 0.3) is 0 Å². The van der Waals surface area contributed by atoms with E-state index in [1.54, 1.807) is 29.2 Å². The molecule has 0 aromatic heterocycles. The average molecular weight is 402 g/mol. The van der Waals surface area contributed by atoms with Crippen molar-refractivity contribution in [2.24, 2.45) is 0 Å². The molecule has 1 N–H and O–H groups in total. The van der Waals surface area contributed by atoms with Gasteiger partial charge in [0.25, 0.3) is 5.91 Å². The van der Waals surface area contributed by atoms with Gasteiger partial charge in [-0.3, -0.25) is 4.79 Å². The van der Waals surface area contributed by atoms with E-state index in [0.717, 1.165) is 12.8 Å². The van der Waals surface area contributed by atoms with E-state index in [2.05, 4.69) is 4.72 Å². The maximum Gasteiger partial charge on any atom is 0.339 e. The molecule has 1 saturated heterocycles. The number of esters is 1. The molecule has 1 aliphatic rings. The SMILES string of the molecule is CNS(=O)(=O)c1cccc(C(=O)OC(C(=O)N2CCCC2)c2ccccc2)c1. The summed E-state index contributed by atoms with van der Waals surface area (Å²) < 4.78 is 31.7. The zero-order valence-electron chi connectivity index (χ0n) is 15.5. The fraction of sp³-hybridized carbons (Fsp3) is 0.300. The van der Waals surface area contributed by atoms with Gasteiger partial charge in [-0.05, 0) is 38.1 Å². The Hall–Kier alpha value is -2.71. The number of nitrogens with zero attached hydrogens (tertiary/aromatic N) is 1. The number of ether oxygens (including phenoxy) is 1. The number of hydrogen-bond acceptors (Lipinski definition) is 5. The predicted molar refractivity (Wildman–Crippen MR) is 103 cm³/mol. The number of amides is 1. The molecule has 1 aliphatic heterocycles. The van der Waals surface area contributed by atoms with Crippen LogP contribution in [-0.4, -0.2) is 45.3 Å². The van der Waals surface area contributed by atoms with Crippen molar-refractivity contribution >= 4 is 21.9 Å². The first-order chi connectivity index (χ1) is 13.4. The van der Waals surface area contributed by atoms with Crippen LogP contribution in [0, 0.1) is 0 Å². The van der Waals surface area contributed by atoms with Crippen LogP contribution in [0.5, 0.6) is 0 Å². The normalized spacial score (nSPS) is 15.2. The molecule has 2 aromatic rings. The van der Waals surface area contributed by atoms with Gasteiger partial charge in [-0.2, -0.15) is 0 Å². The molecule has 0 saturated carbocycles. The number of likely N-dealkylation sites (tertiary alicyclic amines) is 1. The maximum absolute atomic E-state index is 12.9. The third-order valence-corrected chi connectivity index (χ3v) is 6.03. The summed E-state index contributed by atoms with van der Waals surface area (Å²) in [5, 5.41) is 0. The number of hydrogen-bond donors (Lipinski definition) is 1. The molecular weight excluding hydrogens is 380 g/mol. The molecule has 0 radical (unpaired) electrons. The first-order valence-electron chi connectivity index (χ1n) is 9.01. The minimum atomic E-state index is -3.70. The second-order valence-electron chi connectivity index (χ2n) is 6.46. The van der Waals surface area contributed by atoms with Gasteiger partial charge < -0.3 is 9.64 Å². The summed E-state index contributed by atoms with van der Waals surface area (Å²) in [7, 11) is -2.41. The minimum Gasteiger partial charge on any atom is -0.444 e. The number of nitrogens with one attached hydrogen (secondary N) is 1. The summed E-state index contributed by atoms with van der Waals surface area (Å²) in [4.78, 5) is 27.3. The van der Waals surface area contributed by atoms with Crippen LogP contribution in [0.2, 0.25) is 0 Å². The van der Waals surface area contributed by atoms with E-state index in [0.29, 0.717) is 18.7 Å². The second-order valence-corrected chi connectivity index (χ2v) is 8.35. The smallest absolute Gasteiger partial charge is 0.339 e. The maximum atomic E-state index is 12.9. The summed E-state index contributed by atoms with van der Waals surface area (Å²) in [5.41, 5.74) is 0.637. The quantitative estimate of drug-likeness (QED) is 0.747. The van der Waals surface area contributed by atoms with Crippen LogP contribution in [-0.2, 0) is 19.6 Å². The molecule has 0 aliphatic carbocycles. The molecule has 1 unspecified atom stereocenters. The lowest BCUT2D eigenvalue weighted by Gasteiger charge is -2.23. The average Bonchev–Trinajstić information content (AvgIpc) is 3.27. The zero-order chi connectivity index (χ0) is 20.1. The van der Waals surface area contributed by atoms with Gasteiger partial charge in [0, 0.05) is 18.7 Å². The van der Waals surface area contributed by atoms with E-state index >= 15 is 0 Å². The van der Waals surface area contributed by atoms with Crippen LogP contribution >= 0.6 is 0 Å². The van der Waals surface area contributed by atoms with Gasteiger partial charge in [0.1, 0.15) is 0 Å². The molecule has 148 valence electrons. The Bertz CT molecular complexity index is 954. The molecule has 1 heterocycles. The highest BCUT2D eigenvalue weighted by Crippen LogP contribution is 2.24. The lowest BCUT2D eigenvalue weighted by Crippen LogP contribution is -2.34. The van der Waals surface area contributed by atoms with Gasteiger partial charge in [0.05, 0.1) is 10.5 Å². The molecule has 1 atom stereocenters. The Balaban J connectivity index is 1.87. The summed E-state index contributed by atoms with van der Waals surface area (Å²) in [5.74, 6) is -1.02. The summed E-state index contributed by atoms with van der Waals surface area (Å²) >= 11 is 0. The fourth-order valence-corrected chi connectivity index (χ4v) is 3.85. The number of benzene rings is 2. The Morgan fingerprint density at radius 1 is 1.04 bits per heavy atom. The Morgan fingerprint density at radius 2 is 1.71 bits per heavy atom. The molecular formula is C20H22N2O5S. The van der Waals surface area contributed by atoms with Gasteiger partial charge in [0.2, 0.25) is 16.1 Å². The summed E-state index contributed by atoms with van der Waals surface area (Å²) in [6, 6.07) is 14.3. The largest absolute Gasteiger partial charge is 0.444 e. The van der Waals surface area contributed by atoms with Crippen LogP contribution in [0.15, 0.2) is 59.5 Å². The number of rotatable bonds is 6. The van der Waals surface area contributed by atoms with Gasteiger partial charge in [-0.15, -0.1) is 0 Å². The van der Waals surface area contributed by atoms with Crippen molar-refractivity contribution in [2.75, 3.05) is 20.1 Å². The highest BCUT2D eigenvalue weighted by Gasteiger charge is 2.31. The van der Waals surface area contributed by atoms with E-state index < -0.39 is 22.1 Å². The van der Waals surface area contributed by atoms with Crippen LogP contribution in [0.3, 0.4) is 0 Å². The first kappa shape index (κ1) is 20.0. The molecule has 0 bridgehead atoms. The van der Waals surface area contributed by atoms with Crippen LogP contribution in [0.1, 0.15) is 34.9 Å². The Morgan fingerprint density at radius 3 is 2.36 bits per heavy atom. The van der Waals surface area contributed by atoms with Crippen molar-refractivity contribution in [3.63, 3.8) is 0 Å². The monoisotopic (exact) mass is 402 g/mol. The highest BCUT2D eigenvalue weighted by molar-refractivity contribution is 7.89. The predicted octanol–water partition coefficient (Wildman–Crippen LogP) is 2.12. The lowest BCUT2D eigenvalue weighted by atomic mass is 10.1. The van der Waals surface area contributed by atoms with Gasteiger partial charge in [-0.1, -0.05) is 36.4 Å². The lowest BCUT2D eigenvalue weighted by molar-refractivity contribution is -0.140. The molecule has 3 rings (SSSR count). The van der Waals surface area contributed by atoms with E-state index in [1.165, 1.54) is 31.3 Å². The molecule has 1 amide bonds. The van der Waals surface area contributed by atoms with Crippen LogP contribution < -0.4 is 4.72 Å². The van der Waals surface area contributed by atoms with E-state index in [-0.39, 0.29) is 16.4 Å². The van der Waals surface area contributed by atoms with Crippen molar-refractivity contribution < 1.29 is 22.7 Å². The molecule has 2 aromatic carbocycles. The molecule has 7 nitrogen and oxygen atoms in total. The van der Waals surface area contributed by atoms with Gasteiger partial charge >= 0.3 is 5.97 Å². The zero-order valence-corrected chi connectivity index (χ0v) is 16.3. The van der Waals surface area contributed by atoms with Crippen molar-refractivity contribution in [1.29, 1.82) is 0 Å². The van der Waals surface area contributed by atoms with Gasteiger partial charge in [0.15, 0.2) is 0 Å².